The number of nitrogen functional groups attached to an aromatic ring is 1. The van der Waals surface area contributed by atoms with Gasteiger partial charge in [-0.15, -0.1) is 11.3 Å². The average Bonchev–Trinajstić information content (AvgIpc) is 2.84. The third kappa shape index (κ3) is 4.26. The largest absolute Gasteiger partial charge is 0.494 e. The number of hydrazone groups is 1. The van der Waals surface area contributed by atoms with Crippen molar-refractivity contribution in [2.75, 3.05) is 17.8 Å². The first-order chi connectivity index (χ1) is 9.28. The maximum absolute atomic E-state index is 5.51. The van der Waals surface area contributed by atoms with E-state index in [1.807, 2.05) is 24.3 Å². The van der Waals surface area contributed by atoms with Crippen molar-refractivity contribution >= 4 is 28.5 Å². The number of nitrogens with one attached hydrogen (secondary N) is 1. The maximum Gasteiger partial charge on any atom is 0.205 e. The fourth-order valence-electron chi connectivity index (χ4n) is 1.37. The van der Waals surface area contributed by atoms with Gasteiger partial charge in [-0.1, -0.05) is 6.92 Å². The lowest BCUT2D eigenvalue weighted by Crippen LogP contribution is -1.95. The van der Waals surface area contributed by atoms with E-state index in [9.17, 15) is 0 Å². The van der Waals surface area contributed by atoms with E-state index in [1.165, 1.54) is 11.3 Å². The van der Waals surface area contributed by atoms with Gasteiger partial charge in [0.25, 0.3) is 0 Å². The van der Waals surface area contributed by atoms with Crippen LogP contribution >= 0.6 is 11.3 Å². The quantitative estimate of drug-likeness (QED) is 0.628. The van der Waals surface area contributed by atoms with Crippen LogP contribution in [-0.2, 0) is 0 Å². The Hall–Kier alpha value is -2.08. The summed E-state index contributed by atoms with van der Waals surface area (Å²) in [5.74, 6) is 1.37. The summed E-state index contributed by atoms with van der Waals surface area (Å²) in [7, 11) is 0. The molecule has 6 heteroatoms. The monoisotopic (exact) mass is 276 g/mol. The molecule has 1 aromatic carbocycles. The normalized spacial score (nSPS) is 10.8. The number of ether oxygens (including phenoxy) is 1. The van der Waals surface area contributed by atoms with Crippen LogP contribution in [0.15, 0.2) is 34.7 Å². The molecule has 0 aliphatic carbocycles. The minimum Gasteiger partial charge on any atom is -0.494 e. The van der Waals surface area contributed by atoms with E-state index >= 15 is 0 Å². The van der Waals surface area contributed by atoms with Crippen molar-refractivity contribution in [3.63, 3.8) is 0 Å². The molecule has 1 aromatic heterocycles. The van der Waals surface area contributed by atoms with Crippen molar-refractivity contribution in [2.45, 2.75) is 13.3 Å². The number of rotatable bonds is 6. The van der Waals surface area contributed by atoms with Crippen LogP contribution in [0.4, 0.5) is 10.9 Å². The molecule has 1 heterocycles. The van der Waals surface area contributed by atoms with Gasteiger partial charge in [-0.2, -0.15) is 5.10 Å². The lowest BCUT2D eigenvalue weighted by atomic mass is 10.2. The summed E-state index contributed by atoms with van der Waals surface area (Å²) in [5, 5.41) is 6.53. The van der Waals surface area contributed by atoms with Crippen LogP contribution in [0.2, 0.25) is 0 Å². The van der Waals surface area contributed by atoms with Crippen molar-refractivity contribution in [3.05, 3.63) is 35.2 Å². The number of hydrogen-bond donors (Lipinski definition) is 2. The molecular formula is C13H16N4OS. The van der Waals surface area contributed by atoms with Gasteiger partial charge in [0.15, 0.2) is 0 Å². The SMILES string of the molecule is CCCOc1ccc(C=NNc2nc(N)cs2)cc1. The lowest BCUT2D eigenvalue weighted by molar-refractivity contribution is 0.317. The van der Waals surface area contributed by atoms with Gasteiger partial charge < -0.3 is 10.5 Å². The van der Waals surface area contributed by atoms with Crippen molar-refractivity contribution in [2.24, 2.45) is 5.10 Å². The topological polar surface area (TPSA) is 72.5 Å². The Balaban J connectivity index is 1.88. The Morgan fingerprint density at radius 1 is 1.42 bits per heavy atom. The highest BCUT2D eigenvalue weighted by molar-refractivity contribution is 7.14. The predicted molar refractivity (Wildman–Crippen MR) is 80.0 cm³/mol. The molecule has 2 rings (SSSR count). The Labute approximate surface area is 116 Å². The molecule has 0 aliphatic rings. The van der Waals surface area contributed by atoms with Gasteiger partial charge in [-0.3, -0.25) is 5.43 Å². The molecule has 0 amide bonds. The number of anilines is 2. The van der Waals surface area contributed by atoms with Crippen LogP contribution in [0.1, 0.15) is 18.9 Å². The molecule has 19 heavy (non-hydrogen) atoms. The number of thiazole rings is 1. The van der Waals surface area contributed by atoms with E-state index in [0.29, 0.717) is 10.9 Å². The molecule has 0 radical (unpaired) electrons. The summed E-state index contributed by atoms with van der Waals surface area (Å²) in [6, 6.07) is 7.76. The van der Waals surface area contributed by atoms with Gasteiger partial charge in [-0.25, -0.2) is 4.98 Å². The van der Waals surface area contributed by atoms with E-state index in [0.717, 1.165) is 24.3 Å². The molecule has 0 unspecified atom stereocenters. The third-order valence-corrected chi connectivity index (χ3v) is 3.01. The summed E-state index contributed by atoms with van der Waals surface area (Å²) in [5.41, 5.74) is 9.33. The molecule has 0 atom stereocenters. The highest BCUT2D eigenvalue weighted by atomic mass is 32.1. The van der Waals surface area contributed by atoms with E-state index in [4.69, 9.17) is 10.5 Å². The Morgan fingerprint density at radius 3 is 2.84 bits per heavy atom. The molecule has 100 valence electrons. The molecule has 0 saturated heterocycles. The molecule has 2 aromatic rings. The summed E-state index contributed by atoms with van der Waals surface area (Å²) in [6.07, 6.45) is 2.73. The van der Waals surface area contributed by atoms with Gasteiger partial charge in [0.05, 0.1) is 12.8 Å². The summed E-state index contributed by atoms with van der Waals surface area (Å²) in [6.45, 7) is 2.82. The summed E-state index contributed by atoms with van der Waals surface area (Å²) in [4.78, 5) is 4.04. The van der Waals surface area contributed by atoms with Crippen molar-refractivity contribution in [1.82, 2.24) is 4.98 Å². The lowest BCUT2D eigenvalue weighted by Gasteiger charge is -2.03. The second-order valence-electron chi connectivity index (χ2n) is 3.87. The second-order valence-corrected chi connectivity index (χ2v) is 4.72. The van der Waals surface area contributed by atoms with Crippen LogP contribution in [-0.4, -0.2) is 17.8 Å². The third-order valence-electron chi connectivity index (χ3n) is 2.25. The summed E-state index contributed by atoms with van der Waals surface area (Å²) >= 11 is 1.42. The first kappa shape index (κ1) is 13.4. The Morgan fingerprint density at radius 2 is 2.21 bits per heavy atom. The molecule has 0 aliphatic heterocycles. The van der Waals surface area contributed by atoms with E-state index in [2.05, 4.69) is 22.4 Å². The number of hydrogen-bond acceptors (Lipinski definition) is 6. The number of benzene rings is 1. The number of nitrogens with zero attached hydrogens (tertiary/aromatic N) is 2. The molecule has 0 saturated carbocycles. The molecule has 0 fully saturated rings. The second kappa shape index (κ2) is 6.75. The minimum absolute atomic E-state index is 0.500. The van der Waals surface area contributed by atoms with E-state index in [1.54, 1.807) is 11.6 Å². The zero-order chi connectivity index (χ0) is 13.5. The van der Waals surface area contributed by atoms with Crippen LogP contribution < -0.4 is 15.9 Å². The highest BCUT2D eigenvalue weighted by Gasteiger charge is 1.96. The number of nitrogens with two attached hydrogens (primary N) is 1. The summed E-state index contributed by atoms with van der Waals surface area (Å²) < 4.78 is 5.50. The smallest absolute Gasteiger partial charge is 0.205 e. The van der Waals surface area contributed by atoms with Crippen LogP contribution in [0.3, 0.4) is 0 Å². The first-order valence-electron chi connectivity index (χ1n) is 6.01. The van der Waals surface area contributed by atoms with E-state index < -0.39 is 0 Å². The predicted octanol–water partition coefficient (Wildman–Crippen LogP) is 2.96. The van der Waals surface area contributed by atoms with E-state index in [-0.39, 0.29) is 0 Å². The van der Waals surface area contributed by atoms with Crippen LogP contribution in [0, 0.1) is 0 Å². The zero-order valence-electron chi connectivity index (χ0n) is 10.7. The standard InChI is InChI=1S/C13H16N4OS/c1-2-7-18-11-5-3-10(4-6-11)8-15-17-13-16-12(14)9-19-13/h3-6,8-9H,2,7,14H2,1H3,(H,16,17). The molecule has 5 nitrogen and oxygen atoms in total. The van der Waals surface area contributed by atoms with Gasteiger partial charge in [0.1, 0.15) is 11.6 Å². The van der Waals surface area contributed by atoms with Gasteiger partial charge in [0.2, 0.25) is 5.13 Å². The number of aromatic nitrogens is 1. The fourth-order valence-corrected chi connectivity index (χ4v) is 1.92. The molecule has 3 N–H and O–H groups in total. The van der Waals surface area contributed by atoms with Crippen molar-refractivity contribution in [1.29, 1.82) is 0 Å². The van der Waals surface area contributed by atoms with Crippen molar-refractivity contribution in [3.8, 4) is 5.75 Å². The van der Waals surface area contributed by atoms with Crippen molar-refractivity contribution < 1.29 is 4.74 Å². The molecule has 0 spiro atoms. The average molecular weight is 276 g/mol. The Kier molecular flexibility index (Phi) is 4.74. The fraction of sp³-hybridized carbons (Fsp3) is 0.231. The van der Waals surface area contributed by atoms with Gasteiger partial charge >= 0.3 is 0 Å². The Bertz CT molecular complexity index is 536. The van der Waals surface area contributed by atoms with Gasteiger partial charge in [0, 0.05) is 5.38 Å². The van der Waals surface area contributed by atoms with Gasteiger partial charge in [-0.05, 0) is 36.2 Å². The van der Waals surface area contributed by atoms with Crippen LogP contribution in [0.25, 0.3) is 0 Å². The minimum atomic E-state index is 0.500. The first-order valence-corrected chi connectivity index (χ1v) is 6.89. The highest BCUT2D eigenvalue weighted by Crippen LogP contribution is 2.16. The molecule has 0 bridgehead atoms. The molecular weight excluding hydrogens is 260 g/mol. The maximum atomic E-state index is 5.51. The zero-order valence-corrected chi connectivity index (χ0v) is 11.5. The van der Waals surface area contributed by atoms with Crippen LogP contribution in [0.5, 0.6) is 5.75 Å².